The van der Waals surface area contributed by atoms with E-state index in [-0.39, 0.29) is 12.3 Å². The summed E-state index contributed by atoms with van der Waals surface area (Å²) in [5.74, 6) is 1.57. The second-order valence-electron chi connectivity index (χ2n) is 8.69. The van der Waals surface area contributed by atoms with Gasteiger partial charge in [-0.05, 0) is 56.6 Å². The van der Waals surface area contributed by atoms with Gasteiger partial charge in [-0.2, -0.15) is 0 Å². The second-order valence-corrected chi connectivity index (χ2v) is 8.69. The number of aliphatic hydroxyl groups is 1. The first-order valence-corrected chi connectivity index (χ1v) is 10.2. The van der Waals surface area contributed by atoms with Crippen molar-refractivity contribution in [3.05, 3.63) is 29.8 Å². The summed E-state index contributed by atoms with van der Waals surface area (Å²) >= 11 is 0. The Bertz CT molecular complexity index is 595. The van der Waals surface area contributed by atoms with Gasteiger partial charge in [0.1, 0.15) is 0 Å². The Morgan fingerprint density at radius 3 is 2.23 bits per heavy atom. The number of carbonyl (C=O) groups is 1. The van der Waals surface area contributed by atoms with Crippen LogP contribution in [0.4, 0.5) is 5.69 Å². The molecule has 26 heavy (non-hydrogen) atoms. The van der Waals surface area contributed by atoms with Gasteiger partial charge >= 0.3 is 0 Å². The molecule has 2 aliphatic rings. The maximum absolute atomic E-state index is 12.7. The average molecular weight is 359 g/mol. The molecule has 0 saturated carbocycles. The quantitative estimate of drug-likeness (QED) is 0.894. The maximum Gasteiger partial charge on any atom is 0.225 e. The molecule has 2 saturated heterocycles. The summed E-state index contributed by atoms with van der Waals surface area (Å²) in [5, 5.41) is 10.9. The summed E-state index contributed by atoms with van der Waals surface area (Å²) in [6.45, 7) is 9.96. The minimum atomic E-state index is -0.840. The van der Waals surface area contributed by atoms with Crippen LogP contribution < -0.4 is 4.90 Å². The monoisotopic (exact) mass is 358 g/mol. The summed E-state index contributed by atoms with van der Waals surface area (Å²) in [6.07, 6.45) is 3.80. The molecule has 4 heteroatoms. The van der Waals surface area contributed by atoms with Crippen molar-refractivity contribution in [2.45, 2.75) is 58.5 Å². The van der Waals surface area contributed by atoms with Gasteiger partial charge in [0.25, 0.3) is 0 Å². The molecule has 4 nitrogen and oxygen atoms in total. The van der Waals surface area contributed by atoms with Gasteiger partial charge in [-0.3, -0.25) is 4.79 Å². The van der Waals surface area contributed by atoms with E-state index in [1.54, 1.807) is 0 Å². The van der Waals surface area contributed by atoms with Crippen LogP contribution in [-0.2, 0) is 4.79 Å². The molecule has 2 heterocycles. The van der Waals surface area contributed by atoms with Gasteiger partial charge in [-0.15, -0.1) is 0 Å². The number of aryl methyl sites for hydroxylation is 1. The fourth-order valence-electron chi connectivity index (χ4n) is 4.32. The first kappa shape index (κ1) is 19.2. The van der Waals surface area contributed by atoms with Gasteiger partial charge < -0.3 is 14.9 Å². The zero-order chi connectivity index (χ0) is 18.7. The minimum absolute atomic E-state index is 0.137. The summed E-state index contributed by atoms with van der Waals surface area (Å²) in [5.41, 5.74) is 1.63. The third-order valence-electron chi connectivity index (χ3n) is 6.41. The van der Waals surface area contributed by atoms with E-state index in [9.17, 15) is 9.90 Å². The average Bonchev–Trinajstić information content (AvgIpc) is 2.63. The van der Waals surface area contributed by atoms with E-state index in [1.807, 2.05) is 4.90 Å². The number of amides is 1. The van der Waals surface area contributed by atoms with Crippen LogP contribution in [0.15, 0.2) is 24.3 Å². The molecule has 144 valence electrons. The first-order chi connectivity index (χ1) is 12.4. The number of hydrogen-bond donors (Lipinski definition) is 1. The number of piperidine rings is 2. The van der Waals surface area contributed by atoms with Crippen LogP contribution in [0.2, 0.25) is 0 Å². The number of rotatable bonds is 4. The Morgan fingerprint density at radius 2 is 1.69 bits per heavy atom. The standard InChI is InChI=1S/C22H34N2O2/c1-17(2)19-8-12-24(13-9-19)21(25)16-22(26)10-14-23(15-11-22)20-6-4-18(3)5-7-20/h4-7,17,19,26H,8-16H2,1-3H3. The minimum Gasteiger partial charge on any atom is -0.389 e. The molecule has 0 unspecified atom stereocenters. The predicted molar refractivity (Wildman–Crippen MR) is 106 cm³/mol. The van der Waals surface area contributed by atoms with Crippen molar-refractivity contribution in [3.63, 3.8) is 0 Å². The van der Waals surface area contributed by atoms with Crippen LogP contribution >= 0.6 is 0 Å². The molecule has 0 aromatic heterocycles. The van der Waals surface area contributed by atoms with Gasteiger partial charge in [0.2, 0.25) is 5.91 Å². The first-order valence-electron chi connectivity index (χ1n) is 10.2. The van der Waals surface area contributed by atoms with E-state index in [4.69, 9.17) is 0 Å². The van der Waals surface area contributed by atoms with Crippen molar-refractivity contribution in [2.75, 3.05) is 31.1 Å². The number of benzene rings is 1. The Hall–Kier alpha value is -1.55. The highest BCUT2D eigenvalue weighted by molar-refractivity contribution is 5.77. The lowest BCUT2D eigenvalue weighted by Crippen LogP contribution is -2.49. The smallest absolute Gasteiger partial charge is 0.225 e. The van der Waals surface area contributed by atoms with Crippen LogP contribution in [0.5, 0.6) is 0 Å². The van der Waals surface area contributed by atoms with Crippen molar-refractivity contribution in [1.29, 1.82) is 0 Å². The molecule has 2 fully saturated rings. The third-order valence-corrected chi connectivity index (χ3v) is 6.41. The van der Waals surface area contributed by atoms with E-state index in [0.29, 0.717) is 18.8 Å². The van der Waals surface area contributed by atoms with Crippen molar-refractivity contribution in [2.24, 2.45) is 11.8 Å². The van der Waals surface area contributed by atoms with Gasteiger partial charge in [0, 0.05) is 31.9 Å². The number of nitrogens with zero attached hydrogens (tertiary/aromatic N) is 2. The second kappa shape index (κ2) is 7.99. The molecule has 1 aromatic carbocycles. The Labute approximate surface area is 158 Å². The third kappa shape index (κ3) is 4.59. The van der Waals surface area contributed by atoms with Crippen molar-refractivity contribution in [1.82, 2.24) is 4.90 Å². The molecule has 0 radical (unpaired) electrons. The van der Waals surface area contributed by atoms with Crippen LogP contribution in [0, 0.1) is 18.8 Å². The molecule has 1 amide bonds. The summed E-state index contributed by atoms with van der Waals surface area (Å²) in [6, 6.07) is 8.54. The Morgan fingerprint density at radius 1 is 1.12 bits per heavy atom. The van der Waals surface area contributed by atoms with Crippen molar-refractivity contribution >= 4 is 11.6 Å². The molecule has 0 bridgehead atoms. The SMILES string of the molecule is Cc1ccc(N2CCC(O)(CC(=O)N3CCC(C(C)C)CC3)CC2)cc1. The lowest BCUT2D eigenvalue weighted by Gasteiger charge is -2.41. The van der Waals surface area contributed by atoms with E-state index in [1.165, 1.54) is 11.3 Å². The highest BCUT2D eigenvalue weighted by Crippen LogP contribution is 2.31. The van der Waals surface area contributed by atoms with Crippen molar-refractivity contribution < 1.29 is 9.90 Å². The van der Waals surface area contributed by atoms with Crippen LogP contribution in [0.3, 0.4) is 0 Å². The fraction of sp³-hybridized carbons (Fsp3) is 0.682. The molecular weight excluding hydrogens is 324 g/mol. The molecule has 0 atom stereocenters. The number of anilines is 1. The molecule has 1 N–H and O–H groups in total. The molecule has 0 aliphatic carbocycles. The fourth-order valence-corrected chi connectivity index (χ4v) is 4.32. The summed E-state index contributed by atoms with van der Waals surface area (Å²) in [7, 11) is 0. The van der Waals surface area contributed by atoms with Crippen molar-refractivity contribution in [3.8, 4) is 0 Å². The number of hydrogen-bond acceptors (Lipinski definition) is 3. The molecule has 3 rings (SSSR count). The zero-order valence-corrected chi connectivity index (χ0v) is 16.6. The molecule has 1 aromatic rings. The lowest BCUT2D eigenvalue weighted by molar-refractivity contribution is -0.138. The van der Waals surface area contributed by atoms with E-state index in [0.717, 1.165) is 44.9 Å². The van der Waals surface area contributed by atoms with Gasteiger partial charge in [0.15, 0.2) is 0 Å². The van der Waals surface area contributed by atoms with E-state index >= 15 is 0 Å². The van der Waals surface area contributed by atoms with Crippen LogP contribution in [0.25, 0.3) is 0 Å². The predicted octanol–water partition coefficient (Wildman–Crippen LogP) is 3.61. The molecule has 2 aliphatic heterocycles. The number of carbonyl (C=O) groups excluding carboxylic acids is 1. The Kier molecular flexibility index (Phi) is 5.91. The maximum atomic E-state index is 12.7. The van der Waals surface area contributed by atoms with Crippen LogP contribution in [-0.4, -0.2) is 47.7 Å². The molecule has 0 spiro atoms. The van der Waals surface area contributed by atoms with E-state index in [2.05, 4.69) is 49.9 Å². The van der Waals surface area contributed by atoms with Gasteiger partial charge in [-0.1, -0.05) is 31.5 Å². The van der Waals surface area contributed by atoms with Gasteiger partial charge in [-0.25, -0.2) is 0 Å². The van der Waals surface area contributed by atoms with Crippen LogP contribution in [0.1, 0.15) is 51.5 Å². The lowest BCUT2D eigenvalue weighted by atomic mass is 9.85. The zero-order valence-electron chi connectivity index (χ0n) is 16.6. The normalized spacial score (nSPS) is 21.3. The number of likely N-dealkylation sites (tertiary alicyclic amines) is 1. The Balaban J connectivity index is 1.49. The summed E-state index contributed by atoms with van der Waals surface area (Å²) in [4.78, 5) is 17.0. The highest BCUT2D eigenvalue weighted by atomic mass is 16.3. The topological polar surface area (TPSA) is 43.8 Å². The largest absolute Gasteiger partial charge is 0.389 e. The highest BCUT2D eigenvalue weighted by Gasteiger charge is 2.36. The van der Waals surface area contributed by atoms with Gasteiger partial charge in [0.05, 0.1) is 12.0 Å². The van der Waals surface area contributed by atoms with E-state index < -0.39 is 5.60 Å². The molecular formula is C22H34N2O2. The summed E-state index contributed by atoms with van der Waals surface area (Å²) < 4.78 is 0.